The molecule has 0 amide bonds. The summed E-state index contributed by atoms with van der Waals surface area (Å²) in [5.41, 5.74) is 2.27. The number of benzene rings is 1. The van der Waals surface area contributed by atoms with Crippen LogP contribution in [0.1, 0.15) is 36.8 Å². The van der Waals surface area contributed by atoms with Crippen LogP contribution in [0.5, 0.6) is 0 Å². The maximum atomic E-state index is 10.2. The molecule has 2 N–H and O–H groups in total. The summed E-state index contributed by atoms with van der Waals surface area (Å²) in [5, 5.41) is 13.4. The fourth-order valence-electron chi connectivity index (χ4n) is 3.32. The molecule has 0 bridgehead atoms. The molecule has 3 rings (SSSR count). The van der Waals surface area contributed by atoms with E-state index in [2.05, 4.69) is 39.4 Å². The zero-order chi connectivity index (χ0) is 16.8. The second kappa shape index (κ2) is 8.22. The molecule has 5 nitrogen and oxygen atoms in total. The maximum absolute atomic E-state index is 10.2. The molecular weight excluding hydrogens is 300 g/mol. The smallest absolute Gasteiger partial charge is 0.222 e. The first-order valence-corrected chi connectivity index (χ1v) is 8.69. The van der Waals surface area contributed by atoms with Crippen LogP contribution in [0, 0.1) is 0 Å². The van der Waals surface area contributed by atoms with Crippen molar-refractivity contribution in [1.29, 1.82) is 0 Å². The number of anilines is 1. The molecule has 1 heterocycles. The lowest BCUT2D eigenvalue weighted by Gasteiger charge is -2.35. The molecule has 1 fully saturated rings. The molecule has 1 aromatic carbocycles. The standard InChI is InChI=1S/C19H26N4O/c1-23(17-9-5-6-10-18(17)24)14-16-12-21-19(22-13-16)20-11-15-7-3-2-4-8-15/h2-4,7-8,12-13,17-18,24H,5-6,9-11,14H2,1H3,(H,20,21,22)/t17-,18+/m1/s1. The van der Waals surface area contributed by atoms with E-state index in [9.17, 15) is 5.11 Å². The number of likely N-dealkylation sites (N-methyl/N-ethyl adjacent to an activating group) is 1. The third-order valence-electron chi connectivity index (χ3n) is 4.69. The monoisotopic (exact) mass is 326 g/mol. The molecule has 0 unspecified atom stereocenters. The van der Waals surface area contributed by atoms with Crippen LogP contribution in [0.25, 0.3) is 0 Å². The molecule has 1 aliphatic rings. The molecule has 24 heavy (non-hydrogen) atoms. The van der Waals surface area contributed by atoms with Crippen molar-refractivity contribution in [1.82, 2.24) is 14.9 Å². The third-order valence-corrected chi connectivity index (χ3v) is 4.69. The van der Waals surface area contributed by atoms with E-state index >= 15 is 0 Å². The van der Waals surface area contributed by atoms with Gasteiger partial charge >= 0.3 is 0 Å². The van der Waals surface area contributed by atoms with Gasteiger partial charge in [0.15, 0.2) is 0 Å². The summed E-state index contributed by atoms with van der Waals surface area (Å²) in [6, 6.07) is 10.5. The Kier molecular flexibility index (Phi) is 5.77. The highest BCUT2D eigenvalue weighted by atomic mass is 16.3. The summed E-state index contributed by atoms with van der Waals surface area (Å²) in [6.45, 7) is 1.48. The van der Waals surface area contributed by atoms with Crippen LogP contribution in [0.2, 0.25) is 0 Å². The molecule has 1 aliphatic carbocycles. The van der Waals surface area contributed by atoms with Crippen LogP contribution >= 0.6 is 0 Å². The first-order valence-electron chi connectivity index (χ1n) is 8.69. The van der Waals surface area contributed by atoms with Crippen molar-refractivity contribution in [2.45, 2.75) is 50.9 Å². The summed E-state index contributed by atoms with van der Waals surface area (Å²) in [6.07, 6.45) is 7.83. The van der Waals surface area contributed by atoms with Crippen molar-refractivity contribution in [3.63, 3.8) is 0 Å². The SMILES string of the molecule is CN(Cc1cnc(NCc2ccccc2)nc1)[C@@H]1CCCC[C@@H]1O. The summed E-state index contributed by atoms with van der Waals surface area (Å²) in [7, 11) is 2.07. The first kappa shape index (κ1) is 16.9. The average Bonchev–Trinajstić information content (AvgIpc) is 2.62. The first-order chi connectivity index (χ1) is 11.7. The van der Waals surface area contributed by atoms with E-state index in [1.165, 1.54) is 12.0 Å². The molecule has 2 atom stereocenters. The van der Waals surface area contributed by atoms with Gasteiger partial charge in [-0.15, -0.1) is 0 Å². The highest BCUT2D eigenvalue weighted by molar-refractivity contribution is 5.27. The van der Waals surface area contributed by atoms with Crippen LogP contribution in [0.15, 0.2) is 42.7 Å². The normalized spacial score (nSPS) is 21.0. The van der Waals surface area contributed by atoms with Gasteiger partial charge in [-0.25, -0.2) is 9.97 Å². The fraction of sp³-hybridized carbons (Fsp3) is 0.474. The minimum Gasteiger partial charge on any atom is -0.391 e. The number of nitrogens with one attached hydrogen (secondary N) is 1. The summed E-state index contributed by atoms with van der Waals surface area (Å²) < 4.78 is 0. The number of aliphatic hydroxyl groups excluding tert-OH is 1. The van der Waals surface area contributed by atoms with Gasteiger partial charge in [0.05, 0.1) is 6.10 Å². The minimum atomic E-state index is -0.212. The number of hydrogen-bond donors (Lipinski definition) is 2. The fourth-order valence-corrected chi connectivity index (χ4v) is 3.32. The molecule has 128 valence electrons. The van der Waals surface area contributed by atoms with Gasteiger partial charge in [-0.3, -0.25) is 4.90 Å². The predicted octanol–water partition coefficient (Wildman–Crippen LogP) is 2.82. The lowest BCUT2D eigenvalue weighted by atomic mass is 9.91. The second-order valence-electron chi connectivity index (χ2n) is 6.59. The number of aliphatic hydroxyl groups is 1. The van der Waals surface area contributed by atoms with E-state index in [4.69, 9.17) is 0 Å². The Bertz CT molecular complexity index is 617. The average molecular weight is 326 g/mol. The topological polar surface area (TPSA) is 61.3 Å². The van der Waals surface area contributed by atoms with Gasteiger partial charge in [-0.2, -0.15) is 0 Å². The van der Waals surface area contributed by atoms with E-state index < -0.39 is 0 Å². The summed E-state index contributed by atoms with van der Waals surface area (Å²) in [5.74, 6) is 0.642. The van der Waals surface area contributed by atoms with Crippen molar-refractivity contribution >= 4 is 5.95 Å². The van der Waals surface area contributed by atoms with E-state index in [1.54, 1.807) is 0 Å². The molecular formula is C19H26N4O. The Morgan fingerprint density at radius 1 is 1.08 bits per heavy atom. The van der Waals surface area contributed by atoms with E-state index in [0.717, 1.165) is 31.4 Å². The Labute approximate surface area is 143 Å². The maximum Gasteiger partial charge on any atom is 0.222 e. The van der Waals surface area contributed by atoms with Crippen molar-refractivity contribution in [2.75, 3.05) is 12.4 Å². The van der Waals surface area contributed by atoms with E-state index in [0.29, 0.717) is 12.5 Å². The number of nitrogens with zero attached hydrogens (tertiary/aromatic N) is 3. The van der Waals surface area contributed by atoms with Gasteiger partial charge in [0.25, 0.3) is 0 Å². The van der Waals surface area contributed by atoms with Gasteiger partial charge < -0.3 is 10.4 Å². The van der Waals surface area contributed by atoms with Gasteiger partial charge in [0.2, 0.25) is 5.95 Å². The zero-order valence-corrected chi connectivity index (χ0v) is 14.2. The highest BCUT2D eigenvalue weighted by Crippen LogP contribution is 2.23. The number of aromatic nitrogens is 2. The Morgan fingerprint density at radius 2 is 1.79 bits per heavy atom. The lowest BCUT2D eigenvalue weighted by Crippen LogP contribution is -2.42. The lowest BCUT2D eigenvalue weighted by molar-refractivity contribution is 0.0287. The molecule has 0 spiro atoms. The quantitative estimate of drug-likeness (QED) is 0.855. The summed E-state index contributed by atoms with van der Waals surface area (Å²) >= 11 is 0. The molecule has 0 saturated heterocycles. The van der Waals surface area contributed by atoms with Crippen molar-refractivity contribution < 1.29 is 5.11 Å². The van der Waals surface area contributed by atoms with Crippen LogP contribution in [-0.2, 0) is 13.1 Å². The molecule has 5 heteroatoms. The largest absolute Gasteiger partial charge is 0.391 e. The minimum absolute atomic E-state index is 0.212. The van der Waals surface area contributed by atoms with Gasteiger partial charge in [0, 0.05) is 37.1 Å². The van der Waals surface area contributed by atoms with Crippen LogP contribution < -0.4 is 5.32 Å². The van der Waals surface area contributed by atoms with E-state index in [-0.39, 0.29) is 12.1 Å². The van der Waals surface area contributed by atoms with Crippen molar-refractivity contribution in [3.8, 4) is 0 Å². The van der Waals surface area contributed by atoms with Crippen molar-refractivity contribution in [2.24, 2.45) is 0 Å². The van der Waals surface area contributed by atoms with E-state index in [1.807, 2.05) is 30.6 Å². The van der Waals surface area contributed by atoms with Gasteiger partial charge in [0.1, 0.15) is 0 Å². The van der Waals surface area contributed by atoms with Crippen LogP contribution in [0.4, 0.5) is 5.95 Å². The van der Waals surface area contributed by atoms with Gasteiger partial charge in [-0.05, 0) is 25.5 Å². The Hall–Kier alpha value is -1.98. The number of hydrogen-bond acceptors (Lipinski definition) is 5. The zero-order valence-electron chi connectivity index (χ0n) is 14.2. The van der Waals surface area contributed by atoms with Gasteiger partial charge in [-0.1, -0.05) is 43.2 Å². The molecule has 1 saturated carbocycles. The highest BCUT2D eigenvalue weighted by Gasteiger charge is 2.26. The summed E-state index contributed by atoms with van der Waals surface area (Å²) in [4.78, 5) is 11.0. The third kappa shape index (κ3) is 4.52. The molecule has 2 aromatic rings. The van der Waals surface area contributed by atoms with Crippen LogP contribution in [0.3, 0.4) is 0 Å². The molecule has 0 radical (unpaired) electrons. The predicted molar refractivity (Wildman–Crippen MR) is 95.5 cm³/mol. The second-order valence-corrected chi connectivity index (χ2v) is 6.59. The van der Waals surface area contributed by atoms with Crippen molar-refractivity contribution in [3.05, 3.63) is 53.9 Å². The van der Waals surface area contributed by atoms with Crippen LogP contribution in [-0.4, -0.2) is 39.2 Å². The molecule has 1 aromatic heterocycles. The Balaban J connectivity index is 1.52. The molecule has 0 aliphatic heterocycles. The number of rotatable bonds is 6. The Morgan fingerprint density at radius 3 is 2.50 bits per heavy atom.